The first-order valence-corrected chi connectivity index (χ1v) is 16.5. The third kappa shape index (κ3) is 7.74. The van der Waals surface area contributed by atoms with Crippen molar-refractivity contribution in [1.29, 1.82) is 0 Å². The molecule has 6 rings (SSSR count). The molecule has 0 saturated heterocycles. The number of benzene rings is 1. The van der Waals surface area contributed by atoms with Crippen molar-refractivity contribution in [1.82, 2.24) is 20.9 Å². The summed E-state index contributed by atoms with van der Waals surface area (Å²) >= 11 is 0. The van der Waals surface area contributed by atoms with Crippen molar-refractivity contribution in [2.24, 2.45) is 5.73 Å². The van der Waals surface area contributed by atoms with Crippen LogP contribution in [0.25, 0.3) is 11.1 Å². The third-order valence-corrected chi connectivity index (χ3v) is 9.01. The highest BCUT2D eigenvalue weighted by Crippen LogP contribution is 2.27. The van der Waals surface area contributed by atoms with Gasteiger partial charge in [-0.2, -0.15) is 0 Å². The van der Waals surface area contributed by atoms with Crippen LogP contribution in [0.5, 0.6) is 0 Å². The van der Waals surface area contributed by atoms with Crippen molar-refractivity contribution in [2.75, 3.05) is 13.1 Å². The summed E-state index contributed by atoms with van der Waals surface area (Å²) in [7, 11) is 0. The van der Waals surface area contributed by atoms with Gasteiger partial charge in [-0.05, 0) is 88.6 Å². The van der Waals surface area contributed by atoms with Gasteiger partial charge in [0.25, 0.3) is 0 Å². The molecule has 0 spiro atoms. The molecular formula is C41H45N5. The molecule has 5 heteroatoms. The maximum atomic E-state index is 5.66. The van der Waals surface area contributed by atoms with Crippen molar-refractivity contribution < 1.29 is 0 Å². The highest BCUT2D eigenvalue weighted by molar-refractivity contribution is 5.74. The first-order valence-electron chi connectivity index (χ1n) is 16.5. The molecule has 46 heavy (non-hydrogen) atoms. The highest BCUT2D eigenvalue weighted by Gasteiger charge is 2.19. The summed E-state index contributed by atoms with van der Waals surface area (Å²) in [6.07, 6.45) is 38.5. The van der Waals surface area contributed by atoms with Crippen molar-refractivity contribution in [3.05, 3.63) is 172 Å². The summed E-state index contributed by atoms with van der Waals surface area (Å²) in [6, 6.07) is 13.7. The molecule has 3 unspecified atom stereocenters. The van der Waals surface area contributed by atoms with Crippen LogP contribution in [0.3, 0.4) is 0 Å². The number of aromatic nitrogens is 1. The molecule has 3 heterocycles. The van der Waals surface area contributed by atoms with Gasteiger partial charge >= 0.3 is 0 Å². The molecule has 2 aliphatic carbocycles. The zero-order chi connectivity index (χ0) is 31.6. The minimum atomic E-state index is 0.122. The number of hydrogen-bond acceptors (Lipinski definition) is 5. The lowest BCUT2D eigenvalue weighted by atomic mass is 9.87. The molecule has 0 bridgehead atoms. The molecule has 0 fully saturated rings. The minimum absolute atomic E-state index is 0.122. The number of nitrogens with zero attached hydrogens (tertiary/aromatic N) is 1. The Morgan fingerprint density at radius 2 is 1.91 bits per heavy atom. The van der Waals surface area contributed by atoms with E-state index in [9.17, 15) is 0 Å². The SMILES string of the molecule is C/C(=C\C=C(/CNC1C=CC=CC1)C1=CNC(c2cccnc2)C=C1)C1=c2ccccc2=C(C2=CC=CC(C/C=C\CN)N2)CC1. The van der Waals surface area contributed by atoms with Gasteiger partial charge in [-0.15, -0.1) is 0 Å². The van der Waals surface area contributed by atoms with Gasteiger partial charge in [-0.3, -0.25) is 4.98 Å². The Morgan fingerprint density at radius 1 is 1.00 bits per heavy atom. The third-order valence-electron chi connectivity index (χ3n) is 9.01. The smallest absolute Gasteiger partial charge is 0.0711 e. The first-order chi connectivity index (χ1) is 22.7. The first kappa shape index (κ1) is 31.3. The second kappa shape index (κ2) is 15.5. The Hall–Kier alpha value is -4.71. The van der Waals surface area contributed by atoms with Gasteiger partial charge in [0.05, 0.1) is 6.04 Å². The zero-order valence-electron chi connectivity index (χ0n) is 26.7. The van der Waals surface area contributed by atoms with Crippen LogP contribution in [0, 0.1) is 0 Å². The monoisotopic (exact) mass is 607 g/mol. The van der Waals surface area contributed by atoms with E-state index in [1.165, 1.54) is 44.0 Å². The molecule has 2 aromatic rings. The summed E-state index contributed by atoms with van der Waals surface area (Å²) in [4.78, 5) is 4.30. The summed E-state index contributed by atoms with van der Waals surface area (Å²) in [6.45, 7) is 3.62. The zero-order valence-corrected chi connectivity index (χ0v) is 26.7. The van der Waals surface area contributed by atoms with Gasteiger partial charge in [-0.1, -0.05) is 103 Å². The molecule has 5 N–H and O–H groups in total. The molecule has 1 aromatic carbocycles. The molecule has 0 saturated carbocycles. The molecule has 0 radical (unpaired) electrons. The van der Waals surface area contributed by atoms with Crippen LogP contribution in [0.4, 0.5) is 0 Å². The second-order valence-electron chi connectivity index (χ2n) is 12.1. The predicted molar refractivity (Wildman–Crippen MR) is 193 cm³/mol. The van der Waals surface area contributed by atoms with E-state index in [4.69, 9.17) is 5.73 Å². The normalized spacial score (nSPS) is 22.8. The number of pyridine rings is 1. The van der Waals surface area contributed by atoms with E-state index in [-0.39, 0.29) is 12.1 Å². The van der Waals surface area contributed by atoms with Crippen LogP contribution in [-0.4, -0.2) is 30.2 Å². The number of allylic oxidation sites excluding steroid dienone is 9. The Labute approximate surface area is 273 Å². The quantitative estimate of drug-likeness (QED) is 0.197. The molecule has 2 aliphatic heterocycles. The Kier molecular flexibility index (Phi) is 10.6. The lowest BCUT2D eigenvalue weighted by Gasteiger charge is -2.25. The van der Waals surface area contributed by atoms with Crippen LogP contribution in [0.1, 0.15) is 44.2 Å². The van der Waals surface area contributed by atoms with Gasteiger partial charge in [-0.25, -0.2) is 0 Å². The molecule has 5 nitrogen and oxygen atoms in total. The lowest BCUT2D eigenvalue weighted by Crippen LogP contribution is -2.37. The van der Waals surface area contributed by atoms with Crippen LogP contribution in [-0.2, 0) is 0 Å². The van der Waals surface area contributed by atoms with Crippen LogP contribution < -0.4 is 32.1 Å². The van der Waals surface area contributed by atoms with E-state index in [0.717, 1.165) is 37.8 Å². The van der Waals surface area contributed by atoms with Crippen molar-refractivity contribution in [3.63, 3.8) is 0 Å². The highest BCUT2D eigenvalue weighted by atomic mass is 14.9. The minimum Gasteiger partial charge on any atom is -0.380 e. The topological polar surface area (TPSA) is 75.0 Å². The summed E-state index contributed by atoms with van der Waals surface area (Å²) < 4.78 is 0. The van der Waals surface area contributed by atoms with Gasteiger partial charge in [0.1, 0.15) is 0 Å². The van der Waals surface area contributed by atoms with E-state index in [0.29, 0.717) is 12.6 Å². The van der Waals surface area contributed by atoms with Gasteiger partial charge in [0, 0.05) is 49.5 Å². The second-order valence-corrected chi connectivity index (χ2v) is 12.1. The van der Waals surface area contributed by atoms with E-state index in [2.05, 4.69) is 137 Å². The summed E-state index contributed by atoms with van der Waals surface area (Å²) in [5.74, 6) is 0. The molecule has 1 aromatic heterocycles. The fourth-order valence-corrected chi connectivity index (χ4v) is 6.47. The predicted octanol–water partition coefficient (Wildman–Crippen LogP) is 5.63. The molecule has 4 aliphatic rings. The number of dihydropyridines is 2. The molecule has 3 atom stereocenters. The van der Waals surface area contributed by atoms with Gasteiger partial charge in [0.15, 0.2) is 0 Å². The van der Waals surface area contributed by atoms with Crippen molar-refractivity contribution in [3.8, 4) is 0 Å². The fourth-order valence-electron chi connectivity index (χ4n) is 6.47. The average Bonchev–Trinajstić information content (AvgIpc) is 3.12. The summed E-state index contributed by atoms with van der Waals surface area (Å²) in [5, 5.41) is 13.8. The number of nitrogens with two attached hydrogens (primary N) is 1. The number of fused-ring (bicyclic) bond motifs is 1. The Morgan fingerprint density at radius 3 is 2.70 bits per heavy atom. The molecule has 0 amide bonds. The van der Waals surface area contributed by atoms with Crippen molar-refractivity contribution in [2.45, 2.75) is 50.7 Å². The van der Waals surface area contributed by atoms with Gasteiger partial charge < -0.3 is 21.7 Å². The number of rotatable bonds is 11. The van der Waals surface area contributed by atoms with Crippen molar-refractivity contribution >= 4 is 11.1 Å². The maximum absolute atomic E-state index is 5.66. The maximum Gasteiger partial charge on any atom is 0.0711 e. The van der Waals surface area contributed by atoms with Crippen LogP contribution >= 0.6 is 0 Å². The standard InChI is InChI=1S/C41H45N5/c1-30(36-22-23-39(38-17-6-5-16-37(36)38)41-18-9-15-35(46-41)14-7-8-25-42)19-20-31(28-44-34-12-3-2-4-13-34)32-21-24-40(45-29-32)33-11-10-26-43-27-33/h2-12,15-21,24,26-27,29,34-35,40,44-46H,13-14,22-23,25,28,42H2,1H3/b8-7-,30-19+,31-20+. The van der Waals surface area contributed by atoms with Gasteiger partial charge in [0.2, 0.25) is 0 Å². The largest absolute Gasteiger partial charge is 0.380 e. The van der Waals surface area contributed by atoms with Crippen LogP contribution in [0.2, 0.25) is 0 Å². The Balaban J connectivity index is 1.29. The summed E-state index contributed by atoms with van der Waals surface area (Å²) in [5.41, 5.74) is 14.6. The lowest BCUT2D eigenvalue weighted by molar-refractivity contribution is 0.628. The number of hydrogen-bond donors (Lipinski definition) is 4. The van der Waals surface area contributed by atoms with E-state index < -0.39 is 0 Å². The molecule has 234 valence electrons. The Bertz CT molecular complexity index is 1800. The number of nitrogens with one attached hydrogen (secondary N) is 3. The molecular weight excluding hydrogens is 562 g/mol. The van der Waals surface area contributed by atoms with E-state index in [1.54, 1.807) is 0 Å². The fraction of sp³-hybridized carbons (Fsp3) is 0.244. The van der Waals surface area contributed by atoms with E-state index in [1.807, 2.05) is 24.5 Å². The average molecular weight is 608 g/mol. The van der Waals surface area contributed by atoms with E-state index >= 15 is 0 Å². The van der Waals surface area contributed by atoms with Crippen LogP contribution in [0.15, 0.2) is 156 Å².